The van der Waals surface area contributed by atoms with E-state index in [1.807, 2.05) is 64.1 Å². The Bertz CT molecular complexity index is 798. The zero-order valence-corrected chi connectivity index (χ0v) is 16.5. The molecule has 0 aliphatic rings. The van der Waals surface area contributed by atoms with Crippen LogP contribution in [0.4, 0.5) is 5.69 Å². The van der Waals surface area contributed by atoms with E-state index >= 15 is 0 Å². The fourth-order valence-electron chi connectivity index (χ4n) is 2.86. The Morgan fingerprint density at radius 1 is 0.846 bits per heavy atom. The molecule has 26 heavy (non-hydrogen) atoms. The van der Waals surface area contributed by atoms with E-state index in [1.165, 1.54) is 5.56 Å². The maximum absolute atomic E-state index is 12.7. The standard InChI is InChI=1S/C22H28N2O2/c1-14-7-9-18(10-8-14)13-23-20(25)22(5,6)21(26)24-19-16(3)11-15(2)12-17(19)4/h7-12H,13H2,1-6H3,(H,23,25)(H,24,26). The third-order valence-electron chi connectivity index (χ3n) is 4.62. The lowest BCUT2D eigenvalue weighted by Gasteiger charge is -2.24. The molecule has 2 aromatic rings. The summed E-state index contributed by atoms with van der Waals surface area (Å²) in [5.74, 6) is -0.605. The van der Waals surface area contributed by atoms with Gasteiger partial charge in [0, 0.05) is 12.2 Å². The summed E-state index contributed by atoms with van der Waals surface area (Å²) in [5.41, 5.74) is 4.91. The molecule has 0 aliphatic carbocycles. The molecule has 0 aliphatic heterocycles. The largest absolute Gasteiger partial charge is 0.351 e. The molecule has 138 valence electrons. The van der Waals surface area contributed by atoms with E-state index in [0.29, 0.717) is 6.54 Å². The van der Waals surface area contributed by atoms with Crippen LogP contribution in [0.25, 0.3) is 0 Å². The molecule has 4 nitrogen and oxygen atoms in total. The zero-order chi connectivity index (χ0) is 19.5. The van der Waals surface area contributed by atoms with Gasteiger partial charge >= 0.3 is 0 Å². The molecule has 2 aromatic carbocycles. The van der Waals surface area contributed by atoms with Gasteiger partial charge in [0.2, 0.25) is 11.8 Å². The van der Waals surface area contributed by atoms with Crippen molar-refractivity contribution in [2.45, 2.75) is 48.1 Å². The summed E-state index contributed by atoms with van der Waals surface area (Å²) in [4.78, 5) is 25.3. The van der Waals surface area contributed by atoms with Crippen molar-refractivity contribution in [2.24, 2.45) is 5.41 Å². The van der Waals surface area contributed by atoms with Crippen molar-refractivity contribution in [1.29, 1.82) is 0 Å². The van der Waals surface area contributed by atoms with E-state index in [2.05, 4.69) is 10.6 Å². The Kier molecular flexibility index (Phi) is 5.86. The highest BCUT2D eigenvalue weighted by atomic mass is 16.2. The van der Waals surface area contributed by atoms with Crippen LogP contribution >= 0.6 is 0 Å². The van der Waals surface area contributed by atoms with Crippen LogP contribution in [0, 0.1) is 33.1 Å². The molecule has 0 saturated heterocycles. The zero-order valence-electron chi connectivity index (χ0n) is 16.5. The summed E-state index contributed by atoms with van der Waals surface area (Å²) >= 11 is 0. The third kappa shape index (κ3) is 4.51. The number of nitrogens with one attached hydrogen (secondary N) is 2. The van der Waals surface area contributed by atoms with Crippen LogP contribution < -0.4 is 10.6 Å². The highest BCUT2D eigenvalue weighted by Crippen LogP contribution is 2.25. The number of hydrogen-bond donors (Lipinski definition) is 2. The normalized spacial score (nSPS) is 11.2. The average Bonchev–Trinajstić information content (AvgIpc) is 2.56. The fourth-order valence-corrected chi connectivity index (χ4v) is 2.86. The number of carbonyl (C=O) groups is 2. The Morgan fingerprint density at radius 3 is 1.92 bits per heavy atom. The van der Waals surface area contributed by atoms with Crippen molar-refractivity contribution in [3.8, 4) is 0 Å². The van der Waals surface area contributed by atoms with Crippen molar-refractivity contribution in [3.05, 3.63) is 64.2 Å². The van der Waals surface area contributed by atoms with Crippen molar-refractivity contribution >= 4 is 17.5 Å². The first kappa shape index (κ1) is 19.7. The summed E-state index contributed by atoms with van der Waals surface area (Å²) in [6.45, 7) is 11.6. The molecule has 2 rings (SSSR count). The predicted octanol–water partition coefficient (Wildman–Crippen LogP) is 4.20. The van der Waals surface area contributed by atoms with E-state index in [4.69, 9.17) is 0 Å². The smallest absolute Gasteiger partial charge is 0.239 e. The van der Waals surface area contributed by atoms with Gasteiger partial charge in [0.1, 0.15) is 5.41 Å². The van der Waals surface area contributed by atoms with Crippen molar-refractivity contribution in [2.75, 3.05) is 5.32 Å². The molecule has 4 heteroatoms. The highest BCUT2D eigenvalue weighted by Gasteiger charge is 2.36. The van der Waals surface area contributed by atoms with Crippen LogP contribution in [0.5, 0.6) is 0 Å². The lowest BCUT2D eigenvalue weighted by atomic mass is 9.90. The SMILES string of the molecule is Cc1ccc(CNC(=O)C(C)(C)C(=O)Nc2c(C)cc(C)cc2C)cc1. The molecule has 0 unspecified atom stereocenters. The van der Waals surface area contributed by atoms with Gasteiger partial charge in [-0.2, -0.15) is 0 Å². The van der Waals surface area contributed by atoms with Gasteiger partial charge in [-0.05, 0) is 58.2 Å². The van der Waals surface area contributed by atoms with Gasteiger partial charge in [0.25, 0.3) is 0 Å². The topological polar surface area (TPSA) is 58.2 Å². The maximum atomic E-state index is 12.7. The van der Waals surface area contributed by atoms with Crippen LogP contribution in [0.15, 0.2) is 36.4 Å². The molecular formula is C22H28N2O2. The molecular weight excluding hydrogens is 324 g/mol. The molecule has 2 amide bonds. The lowest BCUT2D eigenvalue weighted by Crippen LogP contribution is -2.45. The summed E-state index contributed by atoms with van der Waals surface area (Å²) in [6, 6.07) is 12.0. The first-order chi connectivity index (χ1) is 12.1. The van der Waals surface area contributed by atoms with Gasteiger partial charge in [-0.1, -0.05) is 47.5 Å². The Balaban J connectivity index is 2.06. The minimum absolute atomic E-state index is 0.294. The quantitative estimate of drug-likeness (QED) is 0.792. The molecule has 0 aromatic heterocycles. The van der Waals surface area contributed by atoms with Crippen molar-refractivity contribution < 1.29 is 9.59 Å². The van der Waals surface area contributed by atoms with E-state index in [-0.39, 0.29) is 11.8 Å². The summed E-state index contributed by atoms with van der Waals surface area (Å²) in [6.07, 6.45) is 0. The van der Waals surface area contributed by atoms with Crippen molar-refractivity contribution in [1.82, 2.24) is 5.32 Å². The second kappa shape index (κ2) is 7.73. The number of benzene rings is 2. The van der Waals surface area contributed by atoms with Gasteiger partial charge in [0.05, 0.1) is 0 Å². The van der Waals surface area contributed by atoms with Gasteiger partial charge in [-0.3, -0.25) is 9.59 Å². The molecule has 0 atom stereocenters. The minimum Gasteiger partial charge on any atom is -0.351 e. The molecule has 0 bridgehead atoms. The van der Waals surface area contributed by atoms with Gasteiger partial charge in [-0.15, -0.1) is 0 Å². The predicted molar refractivity (Wildman–Crippen MR) is 106 cm³/mol. The van der Waals surface area contributed by atoms with Gasteiger partial charge in [-0.25, -0.2) is 0 Å². The number of hydrogen-bond acceptors (Lipinski definition) is 2. The second-order valence-corrected chi connectivity index (χ2v) is 7.52. The van der Waals surface area contributed by atoms with E-state index in [9.17, 15) is 9.59 Å². The van der Waals surface area contributed by atoms with Crippen LogP contribution in [0.1, 0.15) is 41.7 Å². The highest BCUT2D eigenvalue weighted by molar-refractivity contribution is 6.10. The maximum Gasteiger partial charge on any atom is 0.239 e. The molecule has 2 N–H and O–H groups in total. The third-order valence-corrected chi connectivity index (χ3v) is 4.62. The van der Waals surface area contributed by atoms with E-state index in [0.717, 1.165) is 27.9 Å². The van der Waals surface area contributed by atoms with E-state index in [1.54, 1.807) is 13.8 Å². The second-order valence-electron chi connectivity index (χ2n) is 7.52. The number of rotatable bonds is 5. The minimum atomic E-state index is -1.17. The monoisotopic (exact) mass is 352 g/mol. The summed E-state index contributed by atoms with van der Waals surface area (Å²) in [7, 11) is 0. The van der Waals surface area contributed by atoms with Crippen molar-refractivity contribution in [3.63, 3.8) is 0 Å². The van der Waals surface area contributed by atoms with Crippen LogP contribution in [-0.2, 0) is 16.1 Å². The van der Waals surface area contributed by atoms with Crippen LogP contribution in [-0.4, -0.2) is 11.8 Å². The average molecular weight is 352 g/mol. The van der Waals surface area contributed by atoms with Gasteiger partial charge < -0.3 is 10.6 Å². The molecule has 0 saturated carbocycles. The molecule has 0 spiro atoms. The number of amides is 2. The summed E-state index contributed by atoms with van der Waals surface area (Å²) in [5, 5.41) is 5.80. The number of carbonyl (C=O) groups excluding carboxylic acids is 2. The van der Waals surface area contributed by atoms with Crippen LogP contribution in [0.3, 0.4) is 0 Å². The molecule has 0 heterocycles. The van der Waals surface area contributed by atoms with Crippen LogP contribution in [0.2, 0.25) is 0 Å². The lowest BCUT2D eigenvalue weighted by molar-refractivity contribution is -0.138. The first-order valence-electron chi connectivity index (χ1n) is 8.84. The van der Waals surface area contributed by atoms with E-state index < -0.39 is 5.41 Å². The van der Waals surface area contributed by atoms with Gasteiger partial charge in [0.15, 0.2) is 0 Å². The Labute approximate surface area is 156 Å². The molecule has 0 radical (unpaired) electrons. The number of anilines is 1. The summed E-state index contributed by atoms with van der Waals surface area (Å²) < 4.78 is 0. The Hall–Kier alpha value is -2.62. The number of aryl methyl sites for hydroxylation is 4. The molecule has 0 fully saturated rings. The Morgan fingerprint density at radius 2 is 1.38 bits per heavy atom. The fraction of sp³-hybridized carbons (Fsp3) is 0.364. The first-order valence-corrected chi connectivity index (χ1v) is 8.84.